The lowest BCUT2D eigenvalue weighted by Crippen LogP contribution is -2.32. The molecule has 2 heterocycles. The highest BCUT2D eigenvalue weighted by Gasteiger charge is 2.25. The zero-order chi connectivity index (χ0) is 19.8. The molecule has 4 rings (SSSR count). The summed E-state index contributed by atoms with van der Waals surface area (Å²) in [7, 11) is 0. The van der Waals surface area contributed by atoms with E-state index in [1.165, 1.54) is 0 Å². The van der Waals surface area contributed by atoms with Gasteiger partial charge in [-0.2, -0.15) is 0 Å². The van der Waals surface area contributed by atoms with Gasteiger partial charge in [0.1, 0.15) is 16.9 Å². The number of nitrogens with two attached hydrogens (primary N) is 1. The van der Waals surface area contributed by atoms with Crippen molar-refractivity contribution < 1.29 is 4.79 Å². The van der Waals surface area contributed by atoms with Gasteiger partial charge in [-0.05, 0) is 43.7 Å². The fourth-order valence-corrected chi connectivity index (χ4v) is 3.34. The van der Waals surface area contributed by atoms with E-state index in [0.717, 1.165) is 17.6 Å². The van der Waals surface area contributed by atoms with Crippen LogP contribution in [0.15, 0.2) is 48.5 Å². The zero-order valence-electron chi connectivity index (χ0n) is 15.6. The number of carbonyl (C=O) groups is 1. The Balaban J connectivity index is 2.04. The van der Waals surface area contributed by atoms with Gasteiger partial charge in [0.15, 0.2) is 5.65 Å². The molecule has 0 spiro atoms. The van der Waals surface area contributed by atoms with E-state index in [4.69, 9.17) is 27.3 Å². The number of amides is 1. The van der Waals surface area contributed by atoms with Gasteiger partial charge >= 0.3 is 0 Å². The minimum absolute atomic E-state index is 0.0184. The Morgan fingerprint density at radius 3 is 2.57 bits per heavy atom. The Morgan fingerprint density at radius 2 is 1.89 bits per heavy atom. The Hall–Kier alpha value is -3.12. The Morgan fingerprint density at radius 1 is 1.18 bits per heavy atom. The standard InChI is InChI=1S/C21H20ClN5O/c1-3-12(2)24-21(28)17-18-20(26-16-10-5-4-9-15(16)25-18)27(19(17)23)14-8-6-7-13(22)11-14/h4-12H,3,23H2,1-2H3,(H,24,28)/t12-/m0/s1. The summed E-state index contributed by atoms with van der Waals surface area (Å²) in [6.07, 6.45) is 0.813. The second kappa shape index (κ2) is 7.13. The van der Waals surface area contributed by atoms with Gasteiger partial charge in [0.2, 0.25) is 0 Å². The van der Waals surface area contributed by atoms with E-state index in [0.29, 0.717) is 27.3 Å². The molecule has 28 heavy (non-hydrogen) atoms. The number of hydrogen-bond acceptors (Lipinski definition) is 4. The van der Waals surface area contributed by atoms with E-state index < -0.39 is 0 Å². The fourth-order valence-electron chi connectivity index (χ4n) is 3.16. The summed E-state index contributed by atoms with van der Waals surface area (Å²) in [6, 6.07) is 14.8. The molecular formula is C21H20ClN5O. The van der Waals surface area contributed by atoms with Gasteiger partial charge in [0, 0.05) is 11.1 Å². The van der Waals surface area contributed by atoms with E-state index in [9.17, 15) is 4.79 Å². The first-order valence-corrected chi connectivity index (χ1v) is 9.51. The van der Waals surface area contributed by atoms with Crippen LogP contribution in [0.4, 0.5) is 5.82 Å². The summed E-state index contributed by atoms with van der Waals surface area (Å²) in [5.74, 6) is 0.0237. The van der Waals surface area contributed by atoms with E-state index >= 15 is 0 Å². The maximum absolute atomic E-state index is 13.0. The van der Waals surface area contributed by atoms with Gasteiger partial charge in [0.05, 0.1) is 16.7 Å². The lowest BCUT2D eigenvalue weighted by Gasteiger charge is -2.11. The number of carbonyl (C=O) groups excluding carboxylic acids is 1. The van der Waals surface area contributed by atoms with Crippen molar-refractivity contribution in [3.05, 3.63) is 59.1 Å². The van der Waals surface area contributed by atoms with Crippen molar-refractivity contribution in [3.63, 3.8) is 0 Å². The van der Waals surface area contributed by atoms with Crippen molar-refractivity contribution in [2.24, 2.45) is 0 Å². The molecule has 0 unspecified atom stereocenters. The van der Waals surface area contributed by atoms with Gasteiger partial charge in [0.25, 0.3) is 5.91 Å². The molecular weight excluding hydrogens is 374 g/mol. The molecule has 7 heteroatoms. The van der Waals surface area contributed by atoms with E-state index in [-0.39, 0.29) is 17.8 Å². The first-order chi connectivity index (χ1) is 13.5. The smallest absolute Gasteiger partial charge is 0.257 e. The molecule has 0 aliphatic carbocycles. The Bertz CT molecular complexity index is 1200. The SMILES string of the molecule is CC[C@H](C)NC(=O)c1c(N)n(-c2cccc(Cl)c2)c2nc3ccccc3nc12. The van der Waals surface area contributed by atoms with Crippen molar-refractivity contribution in [2.75, 3.05) is 5.73 Å². The lowest BCUT2D eigenvalue weighted by atomic mass is 10.2. The van der Waals surface area contributed by atoms with Crippen molar-refractivity contribution in [3.8, 4) is 5.69 Å². The molecule has 0 saturated carbocycles. The molecule has 6 nitrogen and oxygen atoms in total. The number of nitrogens with zero attached hydrogens (tertiary/aromatic N) is 3. The first-order valence-electron chi connectivity index (χ1n) is 9.13. The minimum Gasteiger partial charge on any atom is -0.384 e. The average molecular weight is 394 g/mol. The summed E-state index contributed by atoms with van der Waals surface area (Å²) in [5.41, 5.74) is 9.93. The molecule has 0 aliphatic rings. The number of para-hydroxylation sites is 2. The summed E-state index contributed by atoms with van der Waals surface area (Å²) >= 11 is 6.18. The second-order valence-electron chi connectivity index (χ2n) is 6.74. The van der Waals surface area contributed by atoms with Crippen LogP contribution in [0.2, 0.25) is 5.02 Å². The van der Waals surface area contributed by atoms with Crippen molar-refractivity contribution in [2.45, 2.75) is 26.3 Å². The van der Waals surface area contributed by atoms with Crippen LogP contribution in [0.25, 0.3) is 27.9 Å². The number of rotatable bonds is 4. The van der Waals surface area contributed by atoms with Gasteiger partial charge in [-0.15, -0.1) is 0 Å². The largest absolute Gasteiger partial charge is 0.384 e. The molecule has 0 fully saturated rings. The van der Waals surface area contributed by atoms with Crippen molar-refractivity contribution >= 4 is 45.5 Å². The highest BCUT2D eigenvalue weighted by Crippen LogP contribution is 2.31. The highest BCUT2D eigenvalue weighted by atomic mass is 35.5. The van der Waals surface area contributed by atoms with E-state index in [1.807, 2.05) is 50.2 Å². The normalized spacial score (nSPS) is 12.4. The molecule has 2 aromatic carbocycles. The molecule has 0 bridgehead atoms. The number of anilines is 1. The molecule has 0 radical (unpaired) electrons. The third-order valence-electron chi connectivity index (χ3n) is 4.78. The van der Waals surface area contributed by atoms with Gasteiger partial charge < -0.3 is 11.1 Å². The summed E-state index contributed by atoms with van der Waals surface area (Å²) < 4.78 is 1.73. The number of aromatic nitrogens is 3. The number of halogens is 1. The maximum Gasteiger partial charge on any atom is 0.257 e. The van der Waals surface area contributed by atoms with Gasteiger partial charge in [-0.1, -0.05) is 36.7 Å². The fraction of sp³-hybridized carbons (Fsp3) is 0.190. The van der Waals surface area contributed by atoms with Crippen LogP contribution in [0.5, 0.6) is 0 Å². The summed E-state index contributed by atoms with van der Waals surface area (Å²) in [5, 5.41) is 3.54. The highest BCUT2D eigenvalue weighted by molar-refractivity contribution is 6.30. The number of nitrogens with one attached hydrogen (secondary N) is 1. The van der Waals surface area contributed by atoms with E-state index in [1.54, 1.807) is 16.7 Å². The minimum atomic E-state index is -0.262. The molecule has 142 valence electrons. The maximum atomic E-state index is 13.0. The third-order valence-corrected chi connectivity index (χ3v) is 5.02. The average Bonchev–Trinajstić information content (AvgIpc) is 2.96. The summed E-state index contributed by atoms with van der Waals surface area (Å²) in [4.78, 5) is 22.4. The number of benzene rings is 2. The third kappa shape index (κ3) is 3.05. The van der Waals surface area contributed by atoms with Gasteiger partial charge in [-0.25, -0.2) is 9.97 Å². The topological polar surface area (TPSA) is 85.8 Å². The Labute approximate surface area is 167 Å². The molecule has 0 saturated heterocycles. The molecule has 1 atom stereocenters. The number of hydrogen-bond donors (Lipinski definition) is 2. The lowest BCUT2D eigenvalue weighted by molar-refractivity contribution is 0.0941. The molecule has 1 amide bonds. The van der Waals surface area contributed by atoms with Crippen molar-refractivity contribution in [1.29, 1.82) is 0 Å². The second-order valence-corrected chi connectivity index (χ2v) is 7.18. The molecule has 2 aromatic heterocycles. The number of nitrogen functional groups attached to an aromatic ring is 1. The van der Waals surface area contributed by atoms with Crippen LogP contribution in [0.3, 0.4) is 0 Å². The molecule has 0 aliphatic heterocycles. The molecule has 3 N–H and O–H groups in total. The van der Waals surface area contributed by atoms with Gasteiger partial charge in [-0.3, -0.25) is 9.36 Å². The monoisotopic (exact) mass is 393 g/mol. The zero-order valence-corrected chi connectivity index (χ0v) is 16.4. The van der Waals surface area contributed by atoms with Crippen LogP contribution in [0.1, 0.15) is 30.6 Å². The van der Waals surface area contributed by atoms with Crippen LogP contribution >= 0.6 is 11.6 Å². The predicted octanol–water partition coefficient (Wildman–Crippen LogP) is 4.34. The first kappa shape index (κ1) is 18.3. The quantitative estimate of drug-likeness (QED) is 0.540. The van der Waals surface area contributed by atoms with Crippen molar-refractivity contribution in [1.82, 2.24) is 19.9 Å². The predicted molar refractivity (Wildman–Crippen MR) is 113 cm³/mol. The van der Waals surface area contributed by atoms with E-state index in [2.05, 4.69) is 5.32 Å². The molecule has 4 aromatic rings. The summed E-state index contributed by atoms with van der Waals surface area (Å²) in [6.45, 7) is 3.96. The van der Waals surface area contributed by atoms with Crippen LogP contribution in [-0.2, 0) is 0 Å². The number of fused-ring (bicyclic) bond motifs is 2. The van der Waals surface area contributed by atoms with Crippen LogP contribution in [-0.4, -0.2) is 26.5 Å². The van der Waals surface area contributed by atoms with Crippen LogP contribution < -0.4 is 11.1 Å². The van der Waals surface area contributed by atoms with Crippen LogP contribution in [0, 0.1) is 0 Å². The Kier molecular flexibility index (Phi) is 4.65.